The number of aromatic nitrogens is 2. The number of carbonyl (C=O) groups excluding carboxylic acids is 1. The molecule has 0 unspecified atom stereocenters. The van der Waals surface area contributed by atoms with E-state index in [1.165, 1.54) is 11.8 Å². The number of anilines is 1. The van der Waals surface area contributed by atoms with Crippen LogP contribution in [0, 0.1) is 6.92 Å². The number of amides is 1. The van der Waals surface area contributed by atoms with Gasteiger partial charge in [0.15, 0.2) is 4.32 Å². The molecule has 3 aromatic carbocycles. The molecule has 1 saturated heterocycles. The number of benzene rings is 3. The van der Waals surface area contributed by atoms with Crippen molar-refractivity contribution in [2.75, 3.05) is 4.90 Å². The first kappa shape index (κ1) is 20.4. The number of thiocarbonyl (C=S) groups is 1. The van der Waals surface area contributed by atoms with Crippen molar-refractivity contribution in [2.45, 2.75) is 6.92 Å². The molecule has 0 N–H and O–H groups in total. The minimum Gasteiger partial charge on any atom is -0.268 e. The summed E-state index contributed by atoms with van der Waals surface area (Å²) in [5.41, 5.74) is 5.54. The van der Waals surface area contributed by atoms with E-state index in [9.17, 15) is 4.79 Å². The van der Waals surface area contributed by atoms with Gasteiger partial charge in [0, 0.05) is 17.3 Å². The third-order valence-corrected chi connectivity index (χ3v) is 6.49. The average molecular weight is 454 g/mol. The summed E-state index contributed by atoms with van der Waals surface area (Å²) in [5.74, 6) is -0.115. The summed E-state index contributed by atoms with van der Waals surface area (Å²) < 4.78 is 2.37. The number of para-hydroxylation sites is 1. The van der Waals surface area contributed by atoms with Crippen LogP contribution in [0.4, 0.5) is 5.69 Å². The van der Waals surface area contributed by atoms with Crippen molar-refractivity contribution in [3.05, 3.63) is 107 Å². The van der Waals surface area contributed by atoms with Crippen molar-refractivity contribution in [1.29, 1.82) is 0 Å². The van der Waals surface area contributed by atoms with Crippen LogP contribution >= 0.6 is 24.0 Å². The Hall–Kier alpha value is -3.48. The fourth-order valence-corrected chi connectivity index (χ4v) is 4.84. The van der Waals surface area contributed by atoms with Gasteiger partial charge >= 0.3 is 0 Å². The molecule has 5 rings (SSSR count). The second-order valence-electron chi connectivity index (χ2n) is 7.43. The number of rotatable bonds is 4. The molecule has 156 valence electrons. The monoisotopic (exact) mass is 453 g/mol. The van der Waals surface area contributed by atoms with Crippen LogP contribution in [-0.4, -0.2) is 20.0 Å². The fraction of sp³-hybridized carbons (Fsp3) is 0.0385. The molecule has 0 aliphatic carbocycles. The maximum Gasteiger partial charge on any atom is 0.270 e. The summed E-state index contributed by atoms with van der Waals surface area (Å²) in [4.78, 5) is 15.4. The Morgan fingerprint density at radius 1 is 0.875 bits per heavy atom. The lowest BCUT2D eigenvalue weighted by molar-refractivity contribution is -0.113. The molecule has 2 heterocycles. The molecule has 6 heteroatoms. The van der Waals surface area contributed by atoms with Crippen LogP contribution in [-0.2, 0) is 4.79 Å². The molecule has 4 nitrogen and oxygen atoms in total. The maximum atomic E-state index is 13.3. The van der Waals surface area contributed by atoms with E-state index in [0.717, 1.165) is 33.8 Å². The van der Waals surface area contributed by atoms with Crippen molar-refractivity contribution in [1.82, 2.24) is 9.78 Å². The highest BCUT2D eigenvalue weighted by molar-refractivity contribution is 8.27. The van der Waals surface area contributed by atoms with Gasteiger partial charge in [-0.3, -0.25) is 9.69 Å². The summed E-state index contributed by atoms with van der Waals surface area (Å²) in [7, 11) is 0. The van der Waals surface area contributed by atoms with E-state index in [-0.39, 0.29) is 5.91 Å². The van der Waals surface area contributed by atoms with Crippen LogP contribution < -0.4 is 4.90 Å². The van der Waals surface area contributed by atoms with Gasteiger partial charge in [0.1, 0.15) is 0 Å². The maximum absolute atomic E-state index is 13.3. The molecule has 1 fully saturated rings. The fourth-order valence-electron chi connectivity index (χ4n) is 3.55. The molecule has 1 amide bonds. The first-order valence-corrected chi connectivity index (χ1v) is 11.4. The zero-order valence-electron chi connectivity index (χ0n) is 17.3. The van der Waals surface area contributed by atoms with Gasteiger partial charge in [-0.1, -0.05) is 90.2 Å². The number of hydrogen-bond acceptors (Lipinski definition) is 4. The predicted octanol–water partition coefficient (Wildman–Crippen LogP) is 6.25. The normalized spacial score (nSPS) is 15.0. The molecule has 0 saturated carbocycles. The SMILES string of the molecule is Cc1ccc(N2C(=O)C(=Cc3cn(-c4ccccc4)nc3-c3ccccc3)SC2=S)cc1. The average Bonchev–Trinajstić information content (AvgIpc) is 3.36. The number of thioether (sulfide) groups is 1. The smallest absolute Gasteiger partial charge is 0.268 e. The summed E-state index contributed by atoms with van der Waals surface area (Å²) >= 11 is 6.86. The van der Waals surface area contributed by atoms with Crippen LogP contribution in [0.3, 0.4) is 0 Å². The molecule has 4 aromatic rings. The van der Waals surface area contributed by atoms with Gasteiger partial charge in [0.05, 0.1) is 22.0 Å². The molecule has 1 aliphatic heterocycles. The number of hydrogen-bond donors (Lipinski definition) is 0. The molecule has 0 radical (unpaired) electrons. The summed E-state index contributed by atoms with van der Waals surface area (Å²) in [6.45, 7) is 2.02. The highest BCUT2D eigenvalue weighted by Crippen LogP contribution is 2.37. The van der Waals surface area contributed by atoms with Crippen molar-refractivity contribution in [3.8, 4) is 16.9 Å². The number of carbonyl (C=O) groups is 1. The molecule has 0 atom stereocenters. The molecule has 1 aromatic heterocycles. The number of nitrogens with zero attached hydrogens (tertiary/aromatic N) is 3. The minimum absolute atomic E-state index is 0.115. The highest BCUT2D eigenvalue weighted by atomic mass is 32.2. The first-order valence-electron chi connectivity index (χ1n) is 10.2. The van der Waals surface area contributed by atoms with E-state index in [4.69, 9.17) is 17.3 Å². The predicted molar refractivity (Wildman–Crippen MR) is 136 cm³/mol. The lowest BCUT2D eigenvalue weighted by atomic mass is 10.1. The van der Waals surface area contributed by atoms with Crippen LogP contribution in [0.1, 0.15) is 11.1 Å². The van der Waals surface area contributed by atoms with Crippen LogP contribution in [0.2, 0.25) is 0 Å². The van der Waals surface area contributed by atoms with Gasteiger partial charge in [-0.2, -0.15) is 5.10 Å². The summed E-state index contributed by atoms with van der Waals surface area (Å²) in [5, 5.41) is 4.83. The largest absolute Gasteiger partial charge is 0.270 e. The Morgan fingerprint density at radius 2 is 1.53 bits per heavy atom. The quantitative estimate of drug-likeness (QED) is 0.270. The van der Waals surface area contributed by atoms with Gasteiger partial charge in [-0.25, -0.2) is 4.68 Å². The zero-order valence-corrected chi connectivity index (χ0v) is 18.9. The highest BCUT2D eigenvalue weighted by Gasteiger charge is 2.33. The second kappa shape index (κ2) is 8.57. The van der Waals surface area contributed by atoms with Crippen LogP contribution in [0.15, 0.2) is 96.0 Å². The van der Waals surface area contributed by atoms with E-state index < -0.39 is 0 Å². The van der Waals surface area contributed by atoms with Crippen LogP contribution in [0.25, 0.3) is 23.0 Å². The van der Waals surface area contributed by atoms with E-state index in [2.05, 4.69) is 0 Å². The lowest BCUT2D eigenvalue weighted by Gasteiger charge is -2.14. The van der Waals surface area contributed by atoms with E-state index >= 15 is 0 Å². The van der Waals surface area contributed by atoms with Gasteiger partial charge in [-0.15, -0.1) is 0 Å². The van der Waals surface area contributed by atoms with Crippen molar-refractivity contribution < 1.29 is 4.79 Å². The standard InChI is InChI=1S/C26H19N3OS2/c1-18-12-14-22(15-13-18)29-25(30)23(32-26(29)31)16-20-17-28(21-10-6-3-7-11-21)27-24(20)19-8-4-2-5-9-19/h2-17H,1H3. The van der Waals surface area contributed by atoms with Crippen LogP contribution in [0.5, 0.6) is 0 Å². The van der Waals surface area contributed by atoms with Gasteiger partial charge < -0.3 is 0 Å². The van der Waals surface area contributed by atoms with Gasteiger partial charge in [0.25, 0.3) is 5.91 Å². The molecule has 1 aliphatic rings. The van der Waals surface area contributed by atoms with E-state index in [0.29, 0.717) is 9.23 Å². The Bertz CT molecular complexity index is 1330. The van der Waals surface area contributed by atoms with Crippen molar-refractivity contribution >= 4 is 46.0 Å². The summed E-state index contributed by atoms with van der Waals surface area (Å²) in [6, 6.07) is 27.7. The molecule has 32 heavy (non-hydrogen) atoms. The third kappa shape index (κ3) is 3.90. The topological polar surface area (TPSA) is 38.1 Å². The first-order chi connectivity index (χ1) is 15.6. The number of aryl methyl sites for hydroxylation is 1. The van der Waals surface area contributed by atoms with Crippen molar-refractivity contribution in [3.63, 3.8) is 0 Å². The molecular formula is C26H19N3OS2. The van der Waals surface area contributed by atoms with Crippen molar-refractivity contribution in [2.24, 2.45) is 0 Å². The summed E-state index contributed by atoms with van der Waals surface area (Å²) in [6.07, 6.45) is 3.85. The minimum atomic E-state index is -0.115. The third-order valence-electron chi connectivity index (χ3n) is 5.18. The second-order valence-corrected chi connectivity index (χ2v) is 9.11. The van der Waals surface area contributed by atoms with Gasteiger partial charge in [-0.05, 0) is 37.3 Å². The van der Waals surface area contributed by atoms with E-state index in [1.54, 1.807) is 4.90 Å². The molecule has 0 bridgehead atoms. The Labute approximate surface area is 196 Å². The zero-order chi connectivity index (χ0) is 22.1. The Balaban J connectivity index is 1.57. The Morgan fingerprint density at radius 3 is 2.22 bits per heavy atom. The van der Waals surface area contributed by atoms with E-state index in [1.807, 2.05) is 109 Å². The molecule has 0 spiro atoms. The Kier molecular flexibility index (Phi) is 5.47. The lowest BCUT2D eigenvalue weighted by Crippen LogP contribution is -2.27. The molecular weight excluding hydrogens is 434 g/mol. The van der Waals surface area contributed by atoms with Gasteiger partial charge in [0.2, 0.25) is 0 Å².